The molecular weight excluding hydrogens is 347 g/mol. The minimum absolute atomic E-state index is 0. The zero-order valence-electron chi connectivity index (χ0n) is 14.4. The van der Waals surface area contributed by atoms with Gasteiger partial charge in [-0.3, -0.25) is 4.79 Å². The van der Waals surface area contributed by atoms with Crippen molar-refractivity contribution in [3.8, 4) is 0 Å². The van der Waals surface area contributed by atoms with Gasteiger partial charge < -0.3 is 15.6 Å². The minimum Gasteiger partial charge on any atom is -0.330 e. The van der Waals surface area contributed by atoms with Gasteiger partial charge in [0.25, 0.3) is 0 Å². The molecular formula is C17H26Cl2N4O. The summed E-state index contributed by atoms with van der Waals surface area (Å²) in [6, 6.07) is 7.80. The topological polar surface area (TPSA) is 72.9 Å². The molecule has 1 aromatic heterocycles. The van der Waals surface area contributed by atoms with E-state index in [0.29, 0.717) is 5.92 Å². The molecule has 1 heterocycles. The second kappa shape index (κ2) is 9.06. The van der Waals surface area contributed by atoms with Crippen molar-refractivity contribution in [1.29, 1.82) is 0 Å². The molecule has 1 aromatic carbocycles. The number of nitrogens with zero attached hydrogens (tertiary/aromatic N) is 2. The van der Waals surface area contributed by atoms with Crippen molar-refractivity contribution in [2.24, 2.45) is 5.73 Å². The van der Waals surface area contributed by atoms with Gasteiger partial charge in [0.05, 0.1) is 5.54 Å². The first-order valence-electron chi connectivity index (χ1n) is 7.47. The molecule has 0 radical (unpaired) electrons. The Morgan fingerprint density at radius 2 is 2.00 bits per heavy atom. The molecule has 0 saturated heterocycles. The lowest BCUT2D eigenvalue weighted by Crippen LogP contribution is -2.45. The molecule has 7 heteroatoms. The molecule has 0 fully saturated rings. The van der Waals surface area contributed by atoms with Crippen LogP contribution in [0.15, 0.2) is 36.7 Å². The number of anilines is 1. The highest BCUT2D eigenvalue weighted by Crippen LogP contribution is 2.17. The van der Waals surface area contributed by atoms with Crippen molar-refractivity contribution in [2.75, 3.05) is 5.32 Å². The Hall–Kier alpha value is -1.56. The maximum atomic E-state index is 12.0. The molecule has 24 heavy (non-hydrogen) atoms. The standard InChI is InChI=1S/C17H24N4O.2ClH/c1-12(2)15-19-8-9-21(15)11-13-6-5-7-14(10-13)20-16(22)17(3,4)18;;/h5-10,12H,11,18H2,1-4H3,(H,20,22);2*1H. The Kier molecular flexibility index (Phi) is 8.47. The number of carbonyl (C=O) groups is 1. The summed E-state index contributed by atoms with van der Waals surface area (Å²) in [7, 11) is 0. The Balaban J connectivity index is 0.00000264. The van der Waals surface area contributed by atoms with E-state index in [1.165, 1.54) is 0 Å². The Morgan fingerprint density at radius 1 is 1.33 bits per heavy atom. The summed E-state index contributed by atoms with van der Waals surface area (Å²) in [5.74, 6) is 1.23. The lowest BCUT2D eigenvalue weighted by atomic mass is 10.1. The smallest absolute Gasteiger partial charge is 0.243 e. The van der Waals surface area contributed by atoms with E-state index in [1.54, 1.807) is 13.8 Å². The first-order chi connectivity index (χ1) is 10.3. The number of rotatable bonds is 5. The number of carbonyl (C=O) groups excluding carboxylic acids is 1. The number of aromatic nitrogens is 2. The highest BCUT2D eigenvalue weighted by Gasteiger charge is 2.21. The summed E-state index contributed by atoms with van der Waals surface area (Å²) in [5.41, 5.74) is 6.77. The second-order valence-electron chi connectivity index (χ2n) is 6.44. The van der Waals surface area contributed by atoms with E-state index in [1.807, 2.05) is 36.7 Å². The van der Waals surface area contributed by atoms with Crippen LogP contribution in [0.4, 0.5) is 5.69 Å². The molecule has 0 atom stereocenters. The maximum absolute atomic E-state index is 12.0. The van der Waals surface area contributed by atoms with Gasteiger partial charge in [0, 0.05) is 30.5 Å². The van der Waals surface area contributed by atoms with E-state index in [4.69, 9.17) is 5.73 Å². The number of hydrogen-bond acceptors (Lipinski definition) is 3. The largest absolute Gasteiger partial charge is 0.330 e. The summed E-state index contributed by atoms with van der Waals surface area (Å²) in [4.78, 5) is 16.3. The van der Waals surface area contributed by atoms with Crippen LogP contribution in [-0.2, 0) is 11.3 Å². The molecule has 2 rings (SSSR count). The lowest BCUT2D eigenvalue weighted by Gasteiger charge is -2.18. The minimum atomic E-state index is -0.898. The van der Waals surface area contributed by atoms with Crippen LogP contribution in [0.2, 0.25) is 0 Å². The van der Waals surface area contributed by atoms with E-state index < -0.39 is 5.54 Å². The van der Waals surface area contributed by atoms with Crippen LogP contribution in [-0.4, -0.2) is 21.0 Å². The van der Waals surface area contributed by atoms with Gasteiger partial charge in [0.1, 0.15) is 5.82 Å². The van der Waals surface area contributed by atoms with Gasteiger partial charge in [0.2, 0.25) is 5.91 Å². The van der Waals surface area contributed by atoms with Gasteiger partial charge in [-0.2, -0.15) is 0 Å². The molecule has 0 spiro atoms. The van der Waals surface area contributed by atoms with Crippen LogP contribution in [0.5, 0.6) is 0 Å². The Bertz CT molecular complexity index is 663. The van der Waals surface area contributed by atoms with Gasteiger partial charge >= 0.3 is 0 Å². The quantitative estimate of drug-likeness (QED) is 0.842. The fourth-order valence-electron chi connectivity index (χ4n) is 2.19. The third kappa shape index (κ3) is 5.82. The van der Waals surface area contributed by atoms with Gasteiger partial charge in [-0.1, -0.05) is 26.0 Å². The van der Waals surface area contributed by atoms with E-state index in [2.05, 4.69) is 28.7 Å². The molecule has 0 unspecified atom stereocenters. The molecule has 0 saturated carbocycles. The van der Waals surface area contributed by atoms with Crippen molar-refractivity contribution >= 4 is 36.4 Å². The zero-order valence-corrected chi connectivity index (χ0v) is 16.1. The van der Waals surface area contributed by atoms with Crippen LogP contribution < -0.4 is 11.1 Å². The molecule has 134 valence electrons. The molecule has 0 aliphatic rings. The van der Waals surface area contributed by atoms with Crippen LogP contribution in [0.25, 0.3) is 0 Å². The number of benzene rings is 1. The summed E-state index contributed by atoms with van der Waals surface area (Å²) in [5, 5.41) is 2.85. The summed E-state index contributed by atoms with van der Waals surface area (Å²) in [6.45, 7) is 8.35. The van der Waals surface area contributed by atoms with Crippen LogP contribution in [0.1, 0.15) is 45.0 Å². The fraction of sp³-hybridized carbons (Fsp3) is 0.412. The van der Waals surface area contributed by atoms with Gasteiger partial charge in [-0.05, 0) is 31.5 Å². The van der Waals surface area contributed by atoms with E-state index in [-0.39, 0.29) is 30.7 Å². The highest BCUT2D eigenvalue weighted by atomic mass is 35.5. The predicted molar refractivity (Wildman–Crippen MR) is 103 cm³/mol. The average Bonchev–Trinajstić information content (AvgIpc) is 2.86. The first-order valence-corrected chi connectivity index (χ1v) is 7.47. The predicted octanol–water partition coefficient (Wildman–Crippen LogP) is 3.57. The molecule has 2 aromatic rings. The Morgan fingerprint density at radius 3 is 2.58 bits per heavy atom. The molecule has 0 aliphatic heterocycles. The number of halogens is 2. The van der Waals surface area contributed by atoms with Gasteiger partial charge in [0.15, 0.2) is 0 Å². The normalized spacial score (nSPS) is 10.8. The number of hydrogen-bond donors (Lipinski definition) is 2. The van der Waals surface area contributed by atoms with Crippen LogP contribution in [0.3, 0.4) is 0 Å². The lowest BCUT2D eigenvalue weighted by molar-refractivity contribution is -0.120. The Labute approximate surface area is 155 Å². The first kappa shape index (κ1) is 22.4. The fourth-order valence-corrected chi connectivity index (χ4v) is 2.19. The van der Waals surface area contributed by atoms with E-state index >= 15 is 0 Å². The number of amides is 1. The van der Waals surface area contributed by atoms with Crippen molar-refractivity contribution in [3.63, 3.8) is 0 Å². The highest BCUT2D eigenvalue weighted by molar-refractivity contribution is 5.97. The van der Waals surface area contributed by atoms with Crippen molar-refractivity contribution in [2.45, 2.75) is 45.7 Å². The van der Waals surface area contributed by atoms with Crippen molar-refractivity contribution in [3.05, 3.63) is 48.0 Å². The number of nitrogens with one attached hydrogen (secondary N) is 1. The van der Waals surface area contributed by atoms with Gasteiger partial charge in [-0.15, -0.1) is 24.8 Å². The molecule has 0 aliphatic carbocycles. The monoisotopic (exact) mass is 372 g/mol. The van der Waals surface area contributed by atoms with E-state index in [0.717, 1.165) is 23.6 Å². The summed E-state index contributed by atoms with van der Waals surface area (Å²) < 4.78 is 2.12. The second-order valence-corrected chi connectivity index (χ2v) is 6.44. The molecule has 0 bridgehead atoms. The van der Waals surface area contributed by atoms with E-state index in [9.17, 15) is 4.79 Å². The summed E-state index contributed by atoms with van der Waals surface area (Å²) in [6.07, 6.45) is 3.79. The number of imidazole rings is 1. The average molecular weight is 373 g/mol. The SMILES string of the molecule is CC(C)c1nccn1Cc1cccc(NC(=O)C(C)(C)N)c1.Cl.Cl. The molecule has 5 nitrogen and oxygen atoms in total. The third-order valence-electron chi connectivity index (χ3n) is 3.39. The molecule has 1 amide bonds. The van der Waals surface area contributed by atoms with Crippen LogP contribution >= 0.6 is 24.8 Å². The summed E-state index contributed by atoms with van der Waals surface area (Å²) >= 11 is 0. The van der Waals surface area contributed by atoms with Gasteiger partial charge in [-0.25, -0.2) is 4.98 Å². The zero-order chi connectivity index (χ0) is 16.3. The van der Waals surface area contributed by atoms with Crippen LogP contribution in [0, 0.1) is 0 Å². The maximum Gasteiger partial charge on any atom is 0.243 e. The van der Waals surface area contributed by atoms with Crippen molar-refractivity contribution < 1.29 is 4.79 Å². The third-order valence-corrected chi connectivity index (χ3v) is 3.39. The van der Waals surface area contributed by atoms with Crippen molar-refractivity contribution in [1.82, 2.24) is 9.55 Å². The number of nitrogens with two attached hydrogens (primary N) is 1. The molecule has 3 N–H and O–H groups in total.